The van der Waals surface area contributed by atoms with Gasteiger partial charge in [0, 0.05) is 6.04 Å². The Bertz CT molecular complexity index is 616. The second kappa shape index (κ2) is 6.77. The zero-order valence-corrected chi connectivity index (χ0v) is 13.0. The molecule has 1 unspecified atom stereocenters. The molecular weight excluding hydrogens is 320 g/mol. The van der Waals surface area contributed by atoms with Gasteiger partial charge in [-0.2, -0.15) is 0 Å². The lowest BCUT2D eigenvalue weighted by molar-refractivity contribution is 0.578. The van der Waals surface area contributed by atoms with Crippen molar-refractivity contribution >= 4 is 34.8 Å². The van der Waals surface area contributed by atoms with Gasteiger partial charge in [0.25, 0.3) is 0 Å². The van der Waals surface area contributed by atoms with Crippen molar-refractivity contribution in [1.29, 1.82) is 0 Å². The second-order valence-electron chi connectivity index (χ2n) is 4.40. The summed E-state index contributed by atoms with van der Waals surface area (Å²) in [6, 6.07) is 10.1. The van der Waals surface area contributed by atoms with E-state index in [1.54, 1.807) is 25.2 Å². The Morgan fingerprint density at radius 3 is 2.45 bits per heavy atom. The van der Waals surface area contributed by atoms with Crippen LogP contribution in [0.1, 0.15) is 17.2 Å². The minimum absolute atomic E-state index is 0.130. The molecule has 2 aromatic carbocycles. The molecule has 0 aliphatic rings. The van der Waals surface area contributed by atoms with Crippen molar-refractivity contribution < 1.29 is 4.39 Å². The van der Waals surface area contributed by atoms with Crippen LogP contribution in [0.15, 0.2) is 36.4 Å². The highest BCUT2D eigenvalue weighted by Gasteiger charge is 2.17. The summed E-state index contributed by atoms with van der Waals surface area (Å²) in [4.78, 5) is 0. The van der Waals surface area contributed by atoms with Crippen LogP contribution in [-0.4, -0.2) is 7.05 Å². The molecule has 0 amide bonds. The van der Waals surface area contributed by atoms with Gasteiger partial charge in [0.05, 0.1) is 15.1 Å². The van der Waals surface area contributed by atoms with E-state index in [9.17, 15) is 4.39 Å². The number of likely N-dealkylation sites (N-methyl/N-ethyl adjacent to an activating group) is 1. The lowest BCUT2D eigenvalue weighted by Gasteiger charge is -2.19. The van der Waals surface area contributed by atoms with Gasteiger partial charge in [-0.15, -0.1) is 0 Å². The first kappa shape index (κ1) is 15.6. The predicted octanol–water partition coefficient (Wildman–Crippen LogP) is 5.29. The molecule has 20 heavy (non-hydrogen) atoms. The van der Waals surface area contributed by atoms with Gasteiger partial charge in [0.2, 0.25) is 0 Å². The van der Waals surface area contributed by atoms with Crippen LogP contribution in [-0.2, 0) is 6.42 Å². The van der Waals surface area contributed by atoms with Gasteiger partial charge < -0.3 is 5.32 Å². The molecule has 5 heteroatoms. The highest BCUT2D eigenvalue weighted by Crippen LogP contribution is 2.32. The van der Waals surface area contributed by atoms with Gasteiger partial charge in [-0.25, -0.2) is 4.39 Å². The molecular formula is C15H13Cl3FN. The summed E-state index contributed by atoms with van der Waals surface area (Å²) in [5.41, 5.74) is 1.59. The van der Waals surface area contributed by atoms with Crippen LogP contribution >= 0.6 is 34.8 Å². The predicted molar refractivity (Wildman–Crippen MR) is 83.4 cm³/mol. The van der Waals surface area contributed by atoms with Crippen molar-refractivity contribution in [1.82, 2.24) is 5.32 Å². The Kier molecular flexibility index (Phi) is 5.28. The Hall–Kier alpha value is -0.800. The number of halogens is 4. The molecule has 0 spiro atoms. The molecule has 1 N–H and O–H groups in total. The zero-order valence-electron chi connectivity index (χ0n) is 10.8. The first-order chi connectivity index (χ1) is 9.54. The molecule has 0 radical (unpaired) electrons. The summed E-state index contributed by atoms with van der Waals surface area (Å²) in [6.07, 6.45) is 0.569. The van der Waals surface area contributed by atoms with Crippen LogP contribution < -0.4 is 5.32 Å². The van der Waals surface area contributed by atoms with E-state index in [4.69, 9.17) is 34.8 Å². The van der Waals surface area contributed by atoms with E-state index < -0.39 is 5.82 Å². The molecule has 0 heterocycles. The molecule has 0 bridgehead atoms. The van der Waals surface area contributed by atoms with Crippen LogP contribution in [0.3, 0.4) is 0 Å². The molecule has 2 rings (SSSR count). The monoisotopic (exact) mass is 331 g/mol. The lowest BCUT2D eigenvalue weighted by Crippen LogP contribution is -2.19. The standard InChI is InChI=1S/C15H13Cl3FN/c1-20-13(10-5-3-7-12(19)15(10)18)8-9-4-2-6-11(16)14(9)17/h2-7,13,20H,8H2,1H3. The maximum Gasteiger partial charge on any atom is 0.142 e. The lowest BCUT2D eigenvalue weighted by atomic mass is 9.98. The molecule has 0 fully saturated rings. The Morgan fingerprint density at radius 1 is 1.05 bits per heavy atom. The smallest absolute Gasteiger partial charge is 0.142 e. The molecule has 2 aromatic rings. The van der Waals surface area contributed by atoms with E-state index in [2.05, 4.69) is 5.32 Å². The van der Waals surface area contributed by atoms with Gasteiger partial charge in [0.1, 0.15) is 5.82 Å². The summed E-state index contributed by atoms with van der Waals surface area (Å²) in [6.45, 7) is 0. The molecule has 0 saturated heterocycles. The summed E-state index contributed by atoms with van der Waals surface area (Å²) in [5.74, 6) is -0.429. The first-order valence-electron chi connectivity index (χ1n) is 6.08. The summed E-state index contributed by atoms with van der Waals surface area (Å²) < 4.78 is 13.6. The Balaban J connectivity index is 2.34. The Morgan fingerprint density at radius 2 is 1.75 bits per heavy atom. The summed E-state index contributed by atoms with van der Waals surface area (Å²) in [5, 5.41) is 4.28. The van der Waals surface area contributed by atoms with Crippen LogP contribution in [0, 0.1) is 5.82 Å². The van der Waals surface area contributed by atoms with Crippen molar-refractivity contribution in [3.8, 4) is 0 Å². The van der Waals surface area contributed by atoms with Crippen molar-refractivity contribution in [2.75, 3.05) is 7.05 Å². The first-order valence-corrected chi connectivity index (χ1v) is 7.22. The molecule has 0 saturated carbocycles. The van der Waals surface area contributed by atoms with E-state index in [-0.39, 0.29) is 11.1 Å². The topological polar surface area (TPSA) is 12.0 Å². The third-order valence-corrected chi connectivity index (χ3v) is 4.42. The molecule has 0 aromatic heterocycles. The SMILES string of the molecule is CNC(Cc1cccc(Cl)c1Cl)c1cccc(F)c1Cl. The molecule has 0 aliphatic carbocycles. The molecule has 1 atom stereocenters. The average Bonchev–Trinajstić information content (AvgIpc) is 2.44. The maximum absolute atomic E-state index is 13.6. The molecule has 0 aliphatic heterocycles. The molecule has 106 valence electrons. The van der Waals surface area contributed by atoms with Crippen LogP contribution in [0.25, 0.3) is 0 Å². The van der Waals surface area contributed by atoms with Crippen molar-refractivity contribution in [2.24, 2.45) is 0 Å². The number of hydrogen-bond acceptors (Lipinski definition) is 1. The summed E-state index contributed by atoms with van der Waals surface area (Å²) >= 11 is 18.2. The Labute approximate surface area is 132 Å². The van der Waals surface area contributed by atoms with Gasteiger partial charge in [0.15, 0.2) is 0 Å². The fraction of sp³-hybridized carbons (Fsp3) is 0.200. The van der Waals surface area contributed by atoms with E-state index in [1.807, 2.05) is 12.1 Å². The van der Waals surface area contributed by atoms with E-state index in [1.165, 1.54) is 6.07 Å². The largest absolute Gasteiger partial charge is 0.313 e. The number of benzene rings is 2. The fourth-order valence-corrected chi connectivity index (χ4v) is 2.74. The summed E-state index contributed by atoms with van der Waals surface area (Å²) in [7, 11) is 1.80. The van der Waals surface area contributed by atoms with Crippen molar-refractivity contribution in [3.05, 3.63) is 68.4 Å². The normalized spacial score (nSPS) is 12.4. The minimum atomic E-state index is -0.429. The third-order valence-electron chi connectivity index (χ3n) is 3.16. The van der Waals surface area contributed by atoms with E-state index in [0.717, 1.165) is 5.56 Å². The van der Waals surface area contributed by atoms with Gasteiger partial charge in [-0.1, -0.05) is 59.1 Å². The van der Waals surface area contributed by atoms with Crippen molar-refractivity contribution in [3.63, 3.8) is 0 Å². The molecule has 1 nitrogen and oxygen atoms in total. The average molecular weight is 333 g/mol. The highest BCUT2D eigenvalue weighted by atomic mass is 35.5. The maximum atomic E-state index is 13.6. The number of hydrogen-bond donors (Lipinski definition) is 1. The van der Waals surface area contributed by atoms with Crippen LogP contribution in [0.2, 0.25) is 15.1 Å². The number of rotatable bonds is 4. The van der Waals surface area contributed by atoms with Crippen LogP contribution in [0.5, 0.6) is 0 Å². The second-order valence-corrected chi connectivity index (χ2v) is 5.56. The van der Waals surface area contributed by atoms with Crippen molar-refractivity contribution in [2.45, 2.75) is 12.5 Å². The van der Waals surface area contributed by atoms with E-state index in [0.29, 0.717) is 22.0 Å². The van der Waals surface area contributed by atoms with Gasteiger partial charge in [-0.05, 0) is 36.7 Å². The third kappa shape index (κ3) is 3.26. The fourth-order valence-electron chi connectivity index (χ4n) is 2.08. The highest BCUT2D eigenvalue weighted by molar-refractivity contribution is 6.42. The number of nitrogens with one attached hydrogen (secondary N) is 1. The van der Waals surface area contributed by atoms with Gasteiger partial charge >= 0.3 is 0 Å². The van der Waals surface area contributed by atoms with Crippen LogP contribution in [0.4, 0.5) is 4.39 Å². The zero-order chi connectivity index (χ0) is 14.7. The minimum Gasteiger partial charge on any atom is -0.313 e. The van der Waals surface area contributed by atoms with Gasteiger partial charge in [-0.3, -0.25) is 0 Å². The quantitative estimate of drug-likeness (QED) is 0.802. The van der Waals surface area contributed by atoms with E-state index >= 15 is 0 Å².